The van der Waals surface area contributed by atoms with Crippen LogP contribution in [0.3, 0.4) is 0 Å². The zero-order chi connectivity index (χ0) is 15.1. The third-order valence-corrected chi connectivity index (χ3v) is 3.62. The predicted molar refractivity (Wildman–Crippen MR) is 88.9 cm³/mol. The molecule has 3 heteroatoms. The minimum Gasteiger partial charge on any atom is -0.312 e. The Labute approximate surface area is 131 Å². The third kappa shape index (κ3) is 4.61. The summed E-state index contributed by atoms with van der Waals surface area (Å²) in [6.45, 7) is 2.89. The molecule has 0 aliphatic heterocycles. The fraction of sp³-hybridized carbons (Fsp3) is 0.278. The lowest BCUT2D eigenvalue weighted by Gasteiger charge is -2.23. The molecule has 0 aromatic heterocycles. The van der Waals surface area contributed by atoms with Gasteiger partial charge in [-0.15, -0.1) is 0 Å². The highest BCUT2D eigenvalue weighted by molar-refractivity contribution is 6.30. The van der Waals surface area contributed by atoms with Crippen molar-refractivity contribution in [2.24, 2.45) is 0 Å². The SMILES string of the molecule is CCCCN(C(=O)Cc1ccc(Cl)cc1)c1ccccc1. The molecule has 0 unspecified atom stereocenters. The van der Waals surface area contributed by atoms with Gasteiger partial charge in [0.1, 0.15) is 0 Å². The molecule has 0 aliphatic carbocycles. The summed E-state index contributed by atoms with van der Waals surface area (Å²) in [4.78, 5) is 14.5. The summed E-state index contributed by atoms with van der Waals surface area (Å²) in [6, 6.07) is 17.3. The van der Waals surface area contributed by atoms with Gasteiger partial charge in [0.2, 0.25) is 5.91 Å². The number of carbonyl (C=O) groups excluding carboxylic acids is 1. The van der Waals surface area contributed by atoms with Crippen LogP contribution in [0.2, 0.25) is 5.02 Å². The van der Waals surface area contributed by atoms with E-state index in [1.807, 2.05) is 59.5 Å². The monoisotopic (exact) mass is 301 g/mol. The van der Waals surface area contributed by atoms with E-state index in [0.717, 1.165) is 30.6 Å². The maximum Gasteiger partial charge on any atom is 0.231 e. The van der Waals surface area contributed by atoms with Gasteiger partial charge in [0.05, 0.1) is 6.42 Å². The third-order valence-electron chi connectivity index (χ3n) is 3.37. The minimum absolute atomic E-state index is 0.122. The standard InChI is InChI=1S/C18H20ClNO/c1-2-3-13-20(17-7-5-4-6-8-17)18(21)14-15-9-11-16(19)12-10-15/h4-12H,2-3,13-14H2,1H3. The molecule has 0 atom stereocenters. The Balaban J connectivity index is 2.12. The Morgan fingerprint density at radius 1 is 1.05 bits per heavy atom. The van der Waals surface area contributed by atoms with Crippen molar-refractivity contribution in [3.63, 3.8) is 0 Å². The van der Waals surface area contributed by atoms with E-state index in [1.165, 1.54) is 0 Å². The van der Waals surface area contributed by atoms with Crippen molar-refractivity contribution in [3.05, 3.63) is 65.2 Å². The van der Waals surface area contributed by atoms with E-state index in [0.29, 0.717) is 11.4 Å². The molecule has 1 amide bonds. The quantitative estimate of drug-likeness (QED) is 0.756. The molecule has 0 bridgehead atoms. The van der Waals surface area contributed by atoms with E-state index in [2.05, 4.69) is 6.92 Å². The fourth-order valence-electron chi connectivity index (χ4n) is 2.19. The van der Waals surface area contributed by atoms with Gasteiger partial charge in [0, 0.05) is 17.3 Å². The molecule has 21 heavy (non-hydrogen) atoms. The first kappa shape index (κ1) is 15.6. The summed E-state index contributed by atoms with van der Waals surface area (Å²) in [6.07, 6.45) is 2.47. The molecule has 0 N–H and O–H groups in total. The van der Waals surface area contributed by atoms with E-state index in [4.69, 9.17) is 11.6 Å². The van der Waals surface area contributed by atoms with Gasteiger partial charge in [0.25, 0.3) is 0 Å². The molecule has 0 saturated carbocycles. The van der Waals surface area contributed by atoms with Crippen molar-refractivity contribution in [1.82, 2.24) is 0 Å². The number of hydrogen-bond donors (Lipinski definition) is 0. The molecule has 0 fully saturated rings. The van der Waals surface area contributed by atoms with E-state index >= 15 is 0 Å². The first-order valence-corrected chi connectivity index (χ1v) is 7.68. The van der Waals surface area contributed by atoms with Crippen LogP contribution in [0.4, 0.5) is 5.69 Å². The highest BCUT2D eigenvalue weighted by atomic mass is 35.5. The summed E-state index contributed by atoms with van der Waals surface area (Å²) in [7, 11) is 0. The van der Waals surface area contributed by atoms with Crippen LogP contribution in [0.5, 0.6) is 0 Å². The number of amides is 1. The average molecular weight is 302 g/mol. The summed E-state index contributed by atoms with van der Waals surface area (Å²) in [5.74, 6) is 0.122. The van der Waals surface area contributed by atoms with Crippen molar-refractivity contribution in [2.75, 3.05) is 11.4 Å². The maximum absolute atomic E-state index is 12.6. The topological polar surface area (TPSA) is 20.3 Å². The molecule has 2 rings (SSSR count). The largest absolute Gasteiger partial charge is 0.312 e. The Bertz CT molecular complexity index is 566. The van der Waals surface area contributed by atoms with E-state index < -0.39 is 0 Å². The molecule has 0 aliphatic rings. The van der Waals surface area contributed by atoms with Crippen LogP contribution < -0.4 is 4.90 Å². The second-order valence-electron chi connectivity index (χ2n) is 5.04. The predicted octanol–water partition coefficient (Wildman–Crippen LogP) is 4.72. The van der Waals surface area contributed by atoms with Crippen molar-refractivity contribution < 1.29 is 4.79 Å². The number of carbonyl (C=O) groups is 1. The molecular weight excluding hydrogens is 282 g/mol. The van der Waals surface area contributed by atoms with Crippen molar-refractivity contribution in [1.29, 1.82) is 0 Å². The zero-order valence-electron chi connectivity index (χ0n) is 12.3. The number of rotatable bonds is 6. The number of benzene rings is 2. The number of nitrogens with zero attached hydrogens (tertiary/aromatic N) is 1. The first-order chi connectivity index (χ1) is 10.2. The van der Waals surface area contributed by atoms with Crippen LogP contribution in [0, 0.1) is 0 Å². The van der Waals surface area contributed by atoms with Crippen LogP contribution in [0.25, 0.3) is 0 Å². The van der Waals surface area contributed by atoms with Gasteiger partial charge in [-0.25, -0.2) is 0 Å². The molecule has 0 radical (unpaired) electrons. The second-order valence-corrected chi connectivity index (χ2v) is 5.47. The van der Waals surface area contributed by atoms with Gasteiger partial charge in [-0.3, -0.25) is 4.79 Å². The van der Waals surface area contributed by atoms with Gasteiger partial charge in [-0.2, -0.15) is 0 Å². The number of anilines is 1. The maximum atomic E-state index is 12.6. The highest BCUT2D eigenvalue weighted by Gasteiger charge is 2.15. The lowest BCUT2D eigenvalue weighted by Crippen LogP contribution is -2.33. The minimum atomic E-state index is 0.122. The lowest BCUT2D eigenvalue weighted by atomic mass is 10.1. The Morgan fingerprint density at radius 3 is 2.33 bits per heavy atom. The molecule has 2 nitrogen and oxygen atoms in total. The van der Waals surface area contributed by atoms with Crippen LogP contribution in [-0.4, -0.2) is 12.5 Å². The number of para-hydroxylation sites is 1. The number of unbranched alkanes of at least 4 members (excludes halogenated alkanes) is 1. The van der Waals surface area contributed by atoms with E-state index in [1.54, 1.807) is 0 Å². The van der Waals surface area contributed by atoms with Gasteiger partial charge >= 0.3 is 0 Å². The molecule has 0 spiro atoms. The van der Waals surface area contributed by atoms with Gasteiger partial charge in [0.15, 0.2) is 0 Å². The summed E-state index contributed by atoms with van der Waals surface area (Å²) in [5, 5.41) is 0.692. The van der Waals surface area contributed by atoms with Gasteiger partial charge in [-0.1, -0.05) is 55.3 Å². The molecule has 110 valence electrons. The Hall–Kier alpha value is -1.80. The zero-order valence-corrected chi connectivity index (χ0v) is 13.0. The van der Waals surface area contributed by atoms with Crippen molar-refractivity contribution in [3.8, 4) is 0 Å². The molecular formula is C18H20ClNO. The number of halogens is 1. The summed E-state index contributed by atoms with van der Waals surface area (Å²) in [5.41, 5.74) is 1.95. The molecule has 2 aromatic carbocycles. The second kappa shape index (κ2) is 7.84. The van der Waals surface area contributed by atoms with Crippen molar-refractivity contribution in [2.45, 2.75) is 26.2 Å². The molecule has 0 saturated heterocycles. The van der Waals surface area contributed by atoms with E-state index in [9.17, 15) is 4.79 Å². The lowest BCUT2D eigenvalue weighted by molar-refractivity contribution is -0.118. The van der Waals surface area contributed by atoms with Crippen LogP contribution in [0.15, 0.2) is 54.6 Å². The first-order valence-electron chi connectivity index (χ1n) is 7.30. The molecule has 0 heterocycles. The summed E-state index contributed by atoms with van der Waals surface area (Å²) < 4.78 is 0. The average Bonchev–Trinajstić information content (AvgIpc) is 2.51. The van der Waals surface area contributed by atoms with Crippen LogP contribution >= 0.6 is 11.6 Å². The van der Waals surface area contributed by atoms with Crippen LogP contribution in [0.1, 0.15) is 25.3 Å². The van der Waals surface area contributed by atoms with E-state index in [-0.39, 0.29) is 5.91 Å². The Kier molecular flexibility index (Phi) is 5.82. The van der Waals surface area contributed by atoms with Gasteiger partial charge in [-0.05, 0) is 36.2 Å². The Morgan fingerprint density at radius 2 is 1.71 bits per heavy atom. The normalized spacial score (nSPS) is 10.4. The van der Waals surface area contributed by atoms with Crippen LogP contribution in [-0.2, 0) is 11.2 Å². The van der Waals surface area contributed by atoms with Crippen molar-refractivity contribution >= 4 is 23.2 Å². The highest BCUT2D eigenvalue weighted by Crippen LogP contribution is 2.17. The molecule has 2 aromatic rings. The smallest absolute Gasteiger partial charge is 0.231 e. The van der Waals surface area contributed by atoms with Gasteiger partial charge < -0.3 is 4.90 Å². The fourth-order valence-corrected chi connectivity index (χ4v) is 2.32. The number of hydrogen-bond acceptors (Lipinski definition) is 1. The summed E-state index contributed by atoms with van der Waals surface area (Å²) >= 11 is 5.88.